The number of thiophene rings is 1. The maximum atomic E-state index is 11.7. The number of hydrogen-bond acceptors (Lipinski definition) is 3. The van der Waals surface area contributed by atoms with Gasteiger partial charge >= 0.3 is 0 Å². The Morgan fingerprint density at radius 3 is 3.00 bits per heavy atom. The number of carbonyl (C=O) groups excluding carboxylic acids is 1. The molecule has 0 aromatic carbocycles. The second-order valence-corrected chi connectivity index (χ2v) is 5.47. The van der Waals surface area contributed by atoms with Crippen LogP contribution in [0.1, 0.15) is 24.1 Å². The van der Waals surface area contributed by atoms with Gasteiger partial charge in [-0.05, 0) is 24.3 Å². The molecule has 1 aliphatic rings. The monoisotopic (exact) mass is 238 g/mol. The van der Waals surface area contributed by atoms with E-state index in [0.29, 0.717) is 13.0 Å². The maximum absolute atomic E-state index is 11.7. The van der Waals surface area contributed by atoms with Crippen molar-refractivity contribution < 1.29 is 4.79 Å². The van der Waals surface area contributed by atoms with Crippen LogP contribution in [0.2, 0.25) is 0 Å². The first-order chi connectivity index (χ1) is 7.68. The number of likely N-dealkylation sites (tertiary alicyclic amines) is 1. The van der Waals surface area contributed by atoms with Gasteiger partial charge in [0.05, 0.1) is 0 Å². The van der Waals surface area contributed by atoms with Crippen LogP contribution in [0.3, 0.4) is 0 Å². The highest BCUT2D eigenvalue weighted by Gasteiger charge is 2.35. The number of rotatable bonds is 2. The Hall–Kier alpha value is -0.870. The maximum Gasteiger partial charge on any atom is 0.222 e. The molecule has 1 fully saturated rings. The first-order valence-electron chi connectivity index (χ1n) is 5.66. The van der Waals surface area contributed by atoms with Crippen LogP contribution in [-0.4, -0.2) is 30.9 Å². The third-order valence-corrected chi connectivity index (χ3v) is 4.72. The molecule has 1 amide bonds. The van der Waals surface area contributed by atoms with Gasteiger partial charge in [-0.25, -0.2) is 0 Å². The van der Waals surface area contributed by atoms with Gasteiger partial charge in [0.2, 0.25) is 5.91 Å². The molecule has 1 aliphatic heterocycles. The Balaban J connectivity index is 2.25. The van der Waals surface area contributed by atoms with Gasteiger partial charge in [0.1, 0.15) is 0 Å². The molecule has 1 aromatic rings. The van der Waals surface area contributed by atoms with Crippen molar-refractivity contribution in [2.75, 3.05) is 20.1 Å². The minimum Gasteiger partial charge on any atom is -0.346 e. The highest BCUT2D eigenvalue weighted by atomic mass is 32.1. The van der Waals surface area contributed by atoms with Crippen molar-refractivity contribution in [2.24, 2.45) is 5.73 Å². The summed E-state index contributed by atoms with van der Waals surface area (Å²) in [4.78, 5) is 14.8. The van der Waals surface area contributed by atoms with Crippen molar-refractivity contribution in [1.82, 2.24) is 4.90 Å². The molecule has 0 aliphatic carbocycles. The lowest BCUT2D eigenvalue weighted by Gasteiger charge is -2.29. The number of nitrogens with zero attached hydrogens (tertiary/aromatic N) is 1. The van der Waals surface area contributed by atoms with E-state index in [1.54, 1.807) is 11.3 Å². The van der Waals surface area contributed by atoms with Crippen LogP contribution in [0.15, 0.2) is 17.5 Å². The predicted molar refractivity (Wildman–Crippen MR) is 66.5 cm³/mol. The minimum atomic E-state index is 0.0224. The summed E-state index contributed by atoms with van der Waals surface area (Å²) in [5, 5.41) is 2.09. The highest BCUT2D eigenvalue weighted by molar-refractivity contribution is 7.10. The van der Waals surface area contributed by atoms with Crippen molar-refractivity contribution in [3.63, 3.8) is 0 Å². The van der Waals surface area contributed by atoms with Gasteiger partial charge in [-0.1, -0.05) is 6.07 Å². The molecule has 2 heterocycles. The third kappa shape index (κ3) is 1.99. The largest absolute Gasteiger partial charge is 0.346 e. The fourth-order valence-corrected chi connectivity index (χ4v) is 3.30. The molecule has 0 saturated carbocycles. The van der Waals surface area contributed by atoms with Crippen LogP contribution in [0.25, 0.3) is 0 Å². The van der Waals surface area contributed by atoms with Crippen molar-refractivity contribution >= 4 is 17.2 Å². The molecule has 1 unspecified atom stereocenters. The number of nitrogens with two attached hydrogens (primary N) is 1. The molecule has 0 radical (unpaired) electrons. The number of carbonyl (C=O) groups is 1. The van der Waals surface area contributed by atoms with E-state index < -0.39 is 0 Å². The summed E-state index contributed by atoms with van der Waals surface area (Å²) >= 11 is 1.75. The standard InChI is InChI=1S/C12H18N2OS/c1-14-7-6-12(9-13,5-4-11(14)15)10-3-2-8-16-10/h2-3,8H,4-7,9,13H2,1H3. The summed E-state index contributed by atoms with van der Waals surface area (Å²) in [6.07, 6.45) is 2.48. The molecule has 3 nitrogen and oxygen atoms in total. The summed E-state index contributed by atoms with van der Waals surface area (Å²) in [6, 6.07) is 4.21. The molecule has 16 heavy (non-hydrogen) atoms. The van der Waals surface area contributed by atoms with Crippen LogP contribution in [0.4, 0.5) is 0 Å². The first kappa shape index (κ1) is 11.6. The summed E-state index contributed by atoms with van der Waals surface area (Å²) in [7, 11) is 1.88. The van der Waals surface area contributed by atoms with Crippen molar-refractivity contribution in [3.05, 3.63) is 22.4 Å². The SMILES string of the molecule is CN1CCC(CN)(c2cccs2)CCC1=O. The molecule has 1 aromatic heterocycles. The van der Waals surface area contributed by atoms with E-state index in [1.807, 2.05) is 11.9 Å². The number of hydrogen-bond donors (Lipinski definition) is 1. The van der Waals surface area contributed by atoms with Crippen LogP contribution >= 0.6 is 11.3 Å². The molecular formula is C12H18N2OS. The molecule has 1 atom stereocenters. The smallest absolute Gasteiger partial charge is 0.222 e. The fourth-order valence-electron chi connectivity index (χ4n) is 2.30. The van der Waals surface area contributed by atoms with Crippen LogP contribution < -0.4 is 5.73 Å². The van der Waals surface area contributed by atoms with Crippen molar-refractivity contribution in [1.29, 1.82) is 0 Å². The van der Waals surface area contributed by atoms with E-state index in [2.05, 4.69) is 17.5 Å². The zero-order valence-electron chi connectivity index (χ0n) is 9.61. The normalized spacial score (nSPS) is 26.9. The Morgan fingerprint density at radius 2 is 2.38 bits per heavy atom. The molecule has 2 N–H and O–H groups in total. The Labute approximate surface area is 100 Å². The Kier molecular flexibility index (Phi) is 3.30. The van der Waals surface area contributed by atoms with Crippen LogP contribution in [0.5, 0.6) is 0 Å². The minimum absolute atomic E-state index is 0.0224. The fraction of sp³-hybridized carbons (Fsp3) is 0.583. The second kappa shape index (κ2) is 4.55. The van der Waals surface area contributed by atoms with Crippen LogP contribution in [0, 0.1) is 0 Å². The van der Waals surface area contributed by atoms with Gasteiger partial charge < -0.3 is 10.6 Å². The Bertz CT molecular complexity index is 363. The average Bonchev–Trinajstić information content (AvgIpc) is 2.79. The summed E-state index contributed by atoms with van der Waals surface area (Å²) in [6.45, 7) is 1.45. The van der Waals surface area contributed by atoms with Gasteiger partial charge in [-0.15, -0.1) is 11.3 Å². The number of amides is 1. The Morgan fingerprint density at radius 1 is 1.56 bits per heavy atom. The lowest BCUT2D eigenvalue weighted by Crippen LogP contribution is -2.35. The third-order valence-electron chi connectivity index (χ3n) is 3.60. The highest BCUT2D eigenvalue weighted by Crippen LogP contribution is 2.37. The van der Waals surface area contributed by atoms with Gasteiger partial charge in [-0.2, -0.15) is 0 Å². The molecule has 2 rings (SSSR count). The lowest BCUT2D eigenvalue weighted by molar-refractivity contribution is -0.129. The van der Waals surface area contributed by atoms with Gasteiger partial charge in [0.15, 0.2) is 0 Å². The molecule has 1 saturated heterocycles. The van der Waals surface area contributed by atoms with Crippen molar-refractivity contribution in [3.8, 4) is 0 Å². The molecule has 0 spiro atoms. The molecule has 4 heteroatoms. The van der Waals surface area contributed by atoms with Crippen molar-refractivity contribution in [2.45, 2.75) is 24.7 Å². The van der Waals surface area contributed by atoms with E-state index in [9.17, 15) is 4.79 Å². The van der Waals surface area contributed by atoms with E-state index in [1.165, 1.54) is 4.88 Å². The lowest BCUT2D eigenvalue weighted by atomic mass is 9.79. The second-order valence-electron chi connectivity index (χ2n) is 4.53. The first-order valence-corrected chi connectivity index (χ1v) is 6.54. The average molecular weight is 238 g/mol. The molecule has 88 valence electrons. The van der Waals surface area contributed by atoms with E-state index in [4.69, 9.17) is 5.73 Å². The van der Waals surface area contributed by atoms with Crippen LogP contribution in [-0.2, 0) is 10.2 Å². The van der Waals surface area contributed by atoms with Gasteiger partial charge in [0, 0.05) is 36.9 Å². The summed E-state index contributed by atoms with van der Waals surface area (Å²) in [5.74, 6) is 0.242. The zero-order valence-corrected chi connectivity index (χ0v) is 10.4. The van der Waals surface area contributed by atoms with E-state index in [-0.39, 0.29) is 11.3 Å². The molecule has 0 bridgehead atoms. The summed E-state index contributed by atoms with van der Waals surface area (Å²) < 4.78 is 0. The van der Waals surface area contributed by atoms with E-state index >= 15 is 0 Å². The molecular weight excluding hydrogens is 220 g/mol. The predicted octanol–water partition coefficient (Wildman–Crippen LogP) is 1.59. The summed E-state index contributed by atoms with van der Waals surface area (Å²) in [5.41, 5.74) is 5.99. The van der Waals surface area contributed by atoms with Gasteiger partial charge in [-0.3, -0.25) is 4.79 Å². The quantitative estimate of drug-likeness (QED) is 0.850. The van der Waals surface area contributed by atoms with Gasteiger partial charge in [0.25, 0.3) is 0 Å². The zero-order chi connectivity index (χ0) is 11.6. The topological polar surface area (TPSA) is 46.3 Å². The van der Waals surface area contributed by atoms with E-state index in [0.717, 1.165) is 19.4 Å².